The van der Waals surface area contributed by atoms with Gasteiger partial charge >= 0.3 is 0 Å². The molecular weight excluding hydrogens is 330 g/mol. The summed E-state index contributed by atoms with van der Waals surface area (Å²) in [5.74, 6) is 0.531. The van der Waals surface area contributed by atoms with Crippen LogP contribution in [-0.4, -0.2) is 30.6 Å². The first kappa shape index (κ1) is 17.1. The summed E-state index contributed by atoms with van der Waals surface area (Å²) in [6, 6.07) is 22.6. The number of benzene rings is 2. The van der Waals surface area contributed by atoms with Gasteiger partial charge in [-0.3, -0.25) is 0 Å². The van der Waals surface area contributed by atoms with E-state index in [9.17, 15) is 0 Å². The van der Waals surface area contributed by atoms with Gasteiger partial charge in [-0.15, -0.1) is 0 Å². The van der Waals surface area contributed by atoms with Crippen molar-refractivity contribution in [1.82, 2.24) is 4.90 Å². The van der Waals surface area contributed by atoms with Gasteiger partial charge in [-0.05, 0) is 49.9 Å². The third-order valence-electron chi connectivity index (χ3n) is 7.05. The normalized spacial score (nSPS) is 33.3. The third kappa shape index (κ3) is 3.02. The molecule has 5 rings (SSSR count). The van der Waals surface area contributed by atoms with E-state index in [-0.39, 0.29) is 11.5 Å². The Morgan fingerprint density at radius 1 is 0.852 bits per heavy atom. The first-order valence-corrected chi connectivity index (χ1v) is 10.6. The van der Waals surface area contributed by atoms with Gasteiger partial charge in [0.05, 0.1) is 6.04 Å². The van der Waals surface area contributed by atoms with Crippen molar-refractivity contribution in [3.05, 3.63) is 71.8 Å². The molecule has 27 heavy (non-hydrogen) atoms. The smallest absolute Gasteiger partial charge is 0.101 e. The molecule has 140 valence electrons. The van der Waals surface area contributed by atoms with Crippen molar-refractivity contribution in [2.75, 3.05) is 19.6 Å². The minimum atomic E-state index is 0.113. The summed E-state index contributed by atoms with van der Waals surface area (Å²) in [5.41, 5.74) is 2.92. The van der Waals surface area contributed by atoms with Gasteiger partial charge in [0.2, 0.25) is 0 Å². The van der Waals surface area contributed by atoms with Crippen molar-refractivity contribution in [3.8, 4) is 0 Å². The van der Waals surface area contributed by atoms with Crippen molar-refractivity contribution in [3.63, 3.8) is 0 Å². The van der Waals surface area contributed by atoms with E-state index in [0.717, 1.165) is 6.54 Å². The lowest BCUT2D eigenvalue weighted by molar-refractivity contribution is 0.133. The Morgan fingerprint density at radius 2 is 1.56 bits per heavy atom. The molecule has 0 amide bonds. The van der Waals surface area contributed by atoms with E-state index in [1.165, 1.54) is 56.3 Å². The second-order valence-electron chi connectivity index (χ2n) is 8.59. The zero-order chi connectivity index (χ0) is 18.1. The molecule has 0 bridgehead atoms. The highest BCUT2D eigenvalue weighted by Gasteiger charge is 2.52. The van der Waals surface area contributed by atoms with E-state index in [1.807, 2.05) is 0 Å². The Labute approximate surface area is 162 Å². The minimum Gasteiger partial charge on any atom is -0.302 e. The number of fused-ring (bicyclic) bond motifs is 1. The Bertz CT molecular complexity index is 782. The van der Waals surface area contributed by atoms with Crippen LogP contribution < -0.4 is 0 Å². The van der Waals surface area contributed by atoms with E-state index in [0.29, 0.717) is 12.0 Å². The van der Waals surface area contributed by atoms with Crippen LogP contribution in [0.5, 0.6) is 0 Å². The van der Waals surface area contributed by atoms with Crippen molar-refractivity contribution in [2.45, 2.75) is 49.6 Å². The number of hydrogen-bond donors (Lipinski definition) is 0. The van der Waals surface area contributed by atoms with Crippen LogP contribution in [0.1, 0.15) is 49.3 Å². The predicted octanol–water partition coefficient (Wildman–Crippen LogP) is 5.40. The molecule has 1 saturated carbocycles. The summed E-state index contributed by atoms with van der Waals surface area (Å²) in [6.45, 7) is 3.62. The van der Waals surface area contributed by atoms with Crippen LogP contribution in [0.3, 0.4) is 0 Å². The molecule has 2 aromatic carbocycles. The van der Waals surface area contributed by atoms with Crippen molar-refractivity contribution in [2.24, 2.45) is 16.1 Å². The predicted molar refractivity (Wildman–Crippen MR) is 109 cm³/mol. The highest BCUT2D eigenvalue weighted by molar-refractivity contribution is 5.33. The topological polar surface area (TPSA) is 28.0 Å². The van der Waals surface area contributed by atoms with Crippen LogP contribution in [-0.2, 0) is 5.41 Å². The van der Waals surface area contributed by atoms with E-state index in [1.54, 1.807) is 0 Å². The fourth-order valence-electron chi connectivity index (χ4n) is 5.78. The first-order chi connectivity index (χ1) is 13.4. The fraction of sp³-hybridized carbons (Fsp3) is 0.500. The van der Waals surface area contributed by atoms with Gasteiger partial charge in [-0.2, -0.15) is 10.2 Å². The molecule has 1 saturated heterocycles. The summed E-state index contributed by atoms with van der Waals surface area (Å²) >= 11 is 0. The number of likely N-dealkylation sites (tertiary alicyclic amines) is 1. The quantitative estimate of drug-likeness (QED) is 0.719. The maximum absolute atomic E-state index is 4.99. The molecule has 4 atom stereocenters. The van der Waals surface area contributed by atoms with Gasteiger partial charge in [0.1, 0.15) is 6.04 Å². The van der Waals surface area contributed by atoms with Gasteiger partial charge in [0, 0.05) is 17.9 Å². The fourth-order valence-corrected chi connectivity index (χ4v) is 5.78. The summed E-state index contributed by atoms with van der Waals surface area (Å²) in [7, 11) is 0. The second kappa shape index (κ2) is 7.20. The van der Waals surface area contributed by atoms with E-state index >= 15 is 0 Å². The Hall–Kier alpha value is -2.00. The van der Waals surface area contributed by atoms with Crippen LogP contribution in [0.4, 0.5) is 0 Å². The maximum atomic E-state index is 4.99. The van der Waals surface area contributed by atoms with E-state index in [2.05, 4.69) is 65.6 Å². The number of azo groups is 1. The molecule has 0 N–H and O–H groups in total. The number of nitrogens with zero attached hydrogens (tertiary/aromatic N) is 3. The highest BCUT2D eigenvalue weighted by atomic mass is 15.2. The lowest BCUT2D eigenvalue weighted by atomic mass is 9.61. The lowest BCUT2D eigenvalue weighted by Gasteiger charge is -2.46. The molecule has 3 heteroatoms. The Balaban J connectivity index is 1.52. The zero-order valence-electron chi connectivity index (χ0n) is 16.0. The Morgan fingerprint density at radius 3 is 2.30 bits per heavy atom. The molecule has 4 unspecified atom stereocenters. The van der Waals surface area contributed by atoms with E-state index < -0.39 is 0 Å². The average Bonchev–Trinajstić information content (AvgIpc) is 3.40. The molecular formula is C24H29N3. The van der Waals surface area contributed by atoms with Crippen molar-refractivity contribution in [1.29, 1.82) is 0 Å². The summed E-state index contributed by atoms with van der Waals surface area (Å²) in [5, 5.41) is 9.84. The van der Waals surface area contributed by atoms with Crippen LogP contribution in [0, 0.1) is 5.92 Å². The van der Waals surface area contributed by atoms with Crippen LogP contribution in [0.2, 0.25) is 0 Å². The van der Waals surface area contributed by atoms with Gasteiger partial charge in [0.15, 0.2) is 0 Å². The molecule has 2 aliphatic heterocycles. The maximum Gasteiger partial charge on any atom is 0.101 e. The van der Waals surface area contributed by atoms with Crippen molar-refractivity contribution < 1.29 is 0 Å². The van der Waals surface area contributed by atoms with Crippen molar-refractivity contribution >= 4 is 0 Å². The van der Waals surface area contributed by atoms with Crippen LogP contribution >= 0.6 is 0 Å². The number of rotatable bonds is 4. The first-order valence-electron chi connectivity index (χ1n) is 10.6. The second-order valence-corrected chi connectivity index (χ2v) is 8.59. The Kier molecular flexibility index (Phi) is 4.56. The average molecular weight is 360 g/mol. The van der Waals surface area contributed by atoms with Gasteiger partial charge < -0.3 is 4.90 Å². The monoisotopic (exact) mass is 359 g/mol. The summed E-state index contributed by atoms with van der Waals surface area (Å²) in [4.78, 5) is 2.68. The lowest BCUT2D eigenvalue weighted by Crippen LogP contribution is -2.52. The molecule has 3 nitrogen and oxygen atoms in total. The highest BCUT2D eigenvalue weighted by Crippen LogP contribution is 2.52. The van der Waals surface area contributed by atoms with Crippen LogP contribution in [0.25, 0.3) is 0 Å². The van der Waals surface area contributed by atoms with E-state index in [4.69, 9.17) is 10.2 Å². The molecule has 0 aromatic heterocycles. The molecule has 2 fully saturated rings. The molecule has 2 heterocycles. The summed E-state index contributed by atoms with van der Waals surface area (Å²) in [6.07, 6.45) is 6.43. The third-order valence-corrected chi connectivity index (χ3v) is 7.05. The molecule has 2 aromatic rings. The summed E-state index contributed by atoms with van der Waals surface area (Å²) < 4.78 is 0. The molecule has 3 aliphatic rings. The van der Waals surface area contributed by atoms with Gasteiger partial charge in [0.25, 0.3) is 0 Å². The standard InChI is InChI=1S/C24H29N3/c1-3-10-19(11-4-1)22-21-14-9-15-24(23(21)26-25-22,18-27-16-7-8-17-27)20-12-5-2-6-13-20/h1-6,10-13,21-23H,7-9,14-18H2. The van der Waals surface area contributed by atoms with Crippen LogP contribution in [0.15, 0.2) is 70.9 Å². The minimum absolute atomic E-state index is 0.113. The molecule has 0 radical (unpaired) electrons. The van der Waals surface area contributed by atoms with Gasteiger partial charge in [-0.25, -0.2) is 0 Å². The largest absolute Gasteiger partial charge is 0.302 e. The SMILES string of the molecule is c1ccc(C2N=NC3C2CCCC3(CN2CCCC2)c2ccccc2)cc1. The zero-order valence-corrected chi connectivity index (χ0v) is 16.0. The van der Waals surface area contributed by atoms with Gasteiger partial charge in [-0.1, -0.05) is 67.1 Å². The molecule has 0 spiro atoms. The molecule has 1 aliphatic carbocycles. The number of hydrogen-bond acceptors (Lipinski definition) is 3.